The maximum atomic E-state index is 13.0. The van der Waals surface area contributed by atoms with Gasteiger partial charge in [-0.05, 0) is 43.3 Å². The number of hydrogen-bond donors (Lipinski definition) is 1. The van der Waals surface area contributed by atoms with Crippen LogP contribution in [0.1, 0.15) is 6.92 Å². The zero-order chi connectivity index (χ0) is 18.7. The molecule has 9 heteroatoms. The Labute approximate surface area is 162 Å². The van der Waals surface area contributed by atoms with E-state index in [0.717, 1.165) is 11.8 Å². The van der Waals surface area contributed by atoms with Crippen LogP contribution in [0.2, 0.25) is 10.0 Å². The third kappa shape index (κ3) is 4.35. The fourth-order valence-corrected chi connectivity index (χ4v) is 3.04. The van der Waals surface area contributed by atoms with Crippen LogP contribution in [-0.4, -0.2) is 21.4 Å². The Bertz CT molecular complexity index is 934. The molecule has 5 nitrogen and oxygen atoms in total. The lowest BCUT2D eigenvalue weighted by molar-refractivity contribution is -0.115. The first-order valence-corrected chi connectivity index (χ1v) is 9.08. The van der Waals surface area contributed by atoms with Gasteiger partial charge in [0.05, 0.1) is 21.0 Å². The van der Waals surface area contributed by atoms with Crippen LogP contribution >= 0.6 is 35.0 Å². The summed E-state index contributed by atoms with van der Waals surface area (Å²) in [6, 6.07) is 10.7. The summed E-state index contributed by atoms with van der Waals surface area (Å²) < 4.78 is 18.5. The highest BCUT2D eigenvalue weighted by atomic mass is 35.5. The number of carbonyl (C=O) groups is 1. The molecule has 1 heterocycles. The minimum Gasteiger partial charge on any atom is -0.411 e. The maximum Gasteiger partial charge on any atom is 0.277 e. The molecule has 0 bridgehead atoms. The van der Waals surface area contributed by atoms with Gasteiger partial charge in [-0.15, -0.1) is 10.2 Å². The largest absolute Gasteiger partial charge is 0.411 e. The zero-order valence-electron chi connectivity index (χ0n) is 13.4. The minimum atomic E-state index is -0.522. The molecule has 3 aromatic rings. The molecule has 26 heavy (non-hydrogen) atoms. The van der Waals surface area contributed by atoms with Crippen LogP contribution in [0.5, 0.6) is 0 Å². The highest BCUT2D eigenvalue weighted by molar-refractivity contribution is 8.00. The lowest BCUT2D eigenvalue weighted by Crippen LogP contribution is -2.22. The summed E-state index contributed by atoms with van der Waals surface area (Å²) in [5, 5.41) is 10.8. The Morgan fingerprint density at radius 1 is 1.19 bits per heavy atom. The second-order valence-electron chi connectivity index (χ2n) is 5.23. The quantitative estimate of drug-likeness (QED) is 0.576. The van der Waals surface area contributed by atoms with E-state index in [1.54, 1.807) is 25.1 Å². The van der Waals surface area contributed by atoms with Gasteiger partial charge in [0.25, 0.3) is 5.22 Å². The Kier molecular flexibility index (Phi) is 5.80. The number of carbonyl (C=O) groups excluding carboxylic acids is 1. The van der Waals surface area contributed by atoms with Crippen molar-refractivity contribution < 1.29 is 13.6 Å². The molecule has 1 aromatic heterocycles. The average Bonchev–Trinajstić information content (AvgIpc) is 3.08. The molecule has 2 aromatic carbocycles. The van der Waals surface area contributed by atoms with Gasteiger partial charge in [0.15, 0.2) is 0 Å². The Morgan fingerprint density at radius 3 is 2.65 bits per heavy atom. The molecule has 1 unspecified atom stereocenters. The number of benzene rings is 2. The Balaban J connectivity index is 1.66. The van der Waals surface area contributed by atoms with Crippen molar-refractivity contribution in [3.8, 4) is 11.5 Å². The topological polar surface area (TPSA) is 68.0 Å². The summed E-state index contributed by atoms with van der Waals surface area (Å²) in [7, 11) is 0. The Morgan fingerprint density at radius 2 is 1.92 bits per heavy atom. The normalized spacial score (nSPS) is 12.0. The third-order valence-electron chi connectivity index (χ3n) is 3.35. The summed E-state index contributed by atoms with van der Waals surface area (Å²) in [5.41, 5.74) is 1.02. The van der Waals surface area contributed by atoms with Gasteiger partial charge in [0.1, 0.15) is 5.82 Å². The van der Waals surface area contributed by atoms with E-state index < -0.39 is 5.25 Å². The number of halogens is 3. The third-order valence-corrected chi connectivity index (χ3v) is 5.11. The number of anilines is 1. The molecule has 0 aliphatic heterocycles. The standard InChI is InChI=1S/C17H12Cl2FN3O2S/c1-9(15(24)21-13-4-2-3-12(18)14(13)19)26-17-23-22-16(25-17)10-5-7-11(20)8-6-10/h2-9H,1H3,(H,21,24). The second-order valence-corrected chi connectivity index (χ2v) is 7.31. The number of aromatic nitrogens is 2. The summed E-state index contributed by atoms with van der Waals surface area (Å²) >= 11 is 13.1. The van der Waals surface area contributed by atoms with E-state index in [4.69, 9.17) is 27.6 Å². The van der Waals surface area contributed by atoms with Crippen LogP contribution in [0.25, 0.3) is 11.5 Å². The number of thioether (sulfide) groups is 1. The molecule has 3 rings (SSSR count). The van der Waals surface area contributed by atoms with Crippen molar-refractivity contribution >= 4 is 46.6 Å². The number of nitrogens with zero attached hydrogens (tertiary/aromatic N) is 2. The molecule has 1 N–H and O–H groups in total. The first kappa shape index (κ1) is 18.7. The lowest BCUT2D eigenvalue weighted by atomic mass is 10.2. The second kappa shape index (κ2) is 8.07. The summed E-state index contributed by atoms with van der Waals surface area (Å²) in [6.07, 6.45) is 0. The van der Waals surface area contributed by atoms with Crippen LogP contribution in [-0.2, 0) is 4.79 Å². The van der Waals surface area contributed by atoms with E-state index in [2.05, 4.69) is 15.5 Å². The van der Waals surface area contributed by atoms with E-state index in [9.17, 15) is 9.18 Å². The minimum absolute atomic E-state index is 0.226. The van der Waals surface area contributed by atoms with Crippen molar-refractivity contribution in [2.24, 2.45) is 0 Å². The molecular formula is C17H12Cl2FN3O2S. The molecule has 1 amide bonds. The molecule has 0 fully saturated rings. The predicted octanol–water partition coefficient (Wildman–Crippen LogP) is 5.30. The first-order chi connectivity index (χ1) is 12.4. The fourth-order valence-electron chi connectivity index (χ4n) is 2.01. The number of hydrogen-bond acceptors (Lipinski definition) is 5. The number of nitrogens with one attached hydrogen (secondary N) is 1. The smallest absolute Gasteiger partial charge is 0.277 e. The SMILES string of the molecule is CC(Sc1nnc(-c2ccc(F)cc2)o1)C(=O)Nc1cccc(Cl)c1Cl. The molecule has 0 aliphatic rings. The van der Waals surface area contributed by atoms with E-state index in [0.29, 0.717) is 16.3 Å². The van der Waals surface area contributed by atoms with Crippen molar-refractivity contribution in [1.82, 2.24) is 10.2 Å². The average molecular weight is 412 g/mol. The van der Waals surface area contributed by atoms with Crippen LogP contribution in [0.4, 0.5) is 10.1 Å². The molecule has 0 saturated heterocycles. The van der Waals surface area contributed by atoms with Gasteiger partial charge in [0.2, 0.25) is 11.8 Å². The predicted molar refractivity (Wildman–Crippen MR) is 100 cm³/mol. The van der Waals surface area contributed by atoms with Gasteiger partial charge in [-0.1, -0.05) is 41.0 Å². The van der Waals surface area contributed by atoms with Crippen molar-refractivity contribution in [3.05, 3.63) is 58.3 Å². The van der Waals surface area contributed by atoms with E-state index in [-0.39, 0.29) is 27.9 Å². The maximum absolute atomic E-state index is 13.0. The number of rotatable bonds is 5. The highest BCUT2D eigenvalue weighted by Crippen LogP contribution is 2.31. The number of amides is 1. The van der Waals surface area contributed by atoms with E-state index in [1.165, 1.54) is 24.3 Å². The van der Waals surface area contributed by atoms with Gasteiger partial charge in [0, 0.05) is 5.56 Å². The molecule has 134 valence electrons. The summed E-state index contributed by atoms with van der Waals surface area (Å²) in [4.78, 5) is 12.3. The lowest BCUT2D eigenvalue weighted by Gasteiger charge is -2.11. The van der Waals surface area contributed by atoms with Crippen molar-refractivity contribution in [1.29, 1.82) is 0 Å². The van der Waals surface area contributed by atoms with Crippen LogP contribution < -0.4 is 5.32 Å². The molecular weight excluding hydrogens is 400 g/mol. The van der Waals surface area contributed by atoms with Gasteiger partial charge in [-0.25, -0.2) is 4.39 Å². The summed E-state index contributed by atoms with van der Waals surface area (Å²) in [6.45, 7) is 1.69. The molecule has 0 spiro atoms. The molecule has 1 atom stereocenters. The molecule has 0 aliphatic carbocycles. The zero-order valence-corrected chi connectivity index (χ0v) is 15.7. The van der Waals surface area contributed by atoms with Crippen molar-refractivity contribution in [2.75, 3.05) is 5.32 Å². The van der Waals surface area contributed by atoms with Crippen molar-refractivity contribution in [3.63, 3.8) is 0 Å². The molecule has 0 radical (unpaired) electrons. The first-order valence-electron chi connectivity index (χ1n) is 7.45. The molecule has 0 saturated carbocycles. The van der Waals surface area contributed by atoms with Gasteiger partial charge < -0.3 is 9.73 Å². The monoisotopic (exact) mass is 411 g/mol. The van der Waals surface area contributed by atoms with Crippen LogP contribution in [0.15, 0.2) is 52.1 Å². The van der Waals surface area contributed by atoms with Crippen LogP contribution in [0, 0.1) is 5.82 Å². The van der Waals surface area contributed by atoms with E-state index >= 15 is 0 Å². The van der Waals surface area contributed by atoms with Crippen LogP contribution in [0.3, 0.4) is 0 Å². The fraction of sp³-hybridized carbons (Fsp3) is 0.118. The van der Waals surface area contributed by atoms with Gasteiger partial charge >= 0.3 is 0 Å². The van der Waals surface area contributed by atoms with E-state index in [1.807, 2.05) is 0 Å². The summed E-state index contributed by atoms with van der Waals surface area (Å²) in [5.74, 6) is -0.397. The highest BCUT2D eigenvalue weighted by Gasteiger charge is 2.20. The van der Waals surface area contributed by atoms with Gasteiger partial charge in [-0.2, -0.15) is 0 Å². The Hall–Kier alpha value is -2.09. The van der Waals surface area contributed by atoms with Crippen molar-refractivity contribution in [2.45, 2.75) is 17.4 Å². The van der Waals surface area contributed by atoms with Gasteiger partial charge in [-0.3, -0.25) is 4.79 Å².